The molecule has 11 nitrogen and oxygen atoms in total. The normalized spacial score (nSPS) is 10.7. The fourth-order valence-electron chi connectivity index (χ4n) is 3.13. The Bertz CT molecular complexity index is 1530. The summed E-state index contributed by atoms with van der Waals surface area (Å²) >= 11 is 0. The first kappa shape index (κ1) is 22.5. The van der Waals surface area contributed by atoms with Gasteiger partial charge in [-0.05, 0) is 24.3 Å². The zero-order valence-corrected chi connectivity index (χ0v) is 18.2. The molecule has 0 aliphatic carbocycles. The quantitative estimate of drug-likeness (QED) is 0.440. The monoisotopic (exact) mass is 467 g/mol. The zero-order chi connectivity index (χ0) is 24.4. The van der Waals surface area contributed by atoms with E-state index in [2.05, 4.69) is 15.4 Å². The molecule has 0 spiro atoms. The first-order chi connectivity index (χ1) is 16.3. The molecule has 34 heavy (non-hydrogen) atoms. The van der Waals surface area contributed by atoms with Gasteiger partial charge in [-0.15, -0.1) is 0 Å². The lowest BCUT2D eigenvalue weighted by Crippen LogP contribution is -2.36. The standard InChI is InChI=1S/C22H18FN5O6/c1-28-22(31)26-21(30)19(27-28)20(29)25-11-4-5-16(13(23)8-11)34-15-6-7-24-14-10-18(33-3)17(32-2)9-12(14)15/h4-10H,1-3H3,(H,25,29)(H,26,30,31). The number of rotatable bonds is 6. The zero-order valence-electron chi connectivity index (χ0n) is 18.2. The van der Waals surface area contributed by atoms with E-state index in [1.165, 1.54) is 39.6 Å². The summed E-state index contributed by atoms with van der Waals surface area (Å²) in [5, 5.41) is 6.55. The Kier molecular flexibility index (Phi) is 5.95. The van der Waals surface area contributed by atoms with Crippen LogP contribution in [0.3, 0.4) is 0 Å². The summed E-state index contributed by atoms with van der Waals surface area (Å²) in [6.45, 7) is 0. The summed E-state index contributed by atoms with van der Waals surface area (Å²) in [7, 11) is 4.27. The van der Waals surface area contributed by atoms with Gasteiger partial charge >= 0.3 is 5.69 Å². The summed E-state index contributed by atoms with van der Waals surface area (Å²) in [4.78, 5) is 41.8. The number of carbonyl (C=O) groups excluding carboxylic acids is 1. The number of aromatic amines is 1. The van der Waals surface area contributed by atoms with E-state index < -0.39 is 28.7 Å². The van der Waals surface area contributed by atoms with Crippen LogP contribution < -0.4 is 30.8 Å². The number of H-pyrrole nitrogens is 1. The Morgan fingerprint density at radius 1 is 1.03 bits per heavy atom. The van der Waals surface area contributed by atoms with Crippen molar-refractivity contribution in [2.24, 2.45) is 7.05 Å². The summed E-state index contributed by atoms with van der Waals surface area (Å²) in [5.41, 5.74) is -1.67. The average molecular weight is 467 g/mol. The number of benzene rings is 2. The van der Waals surface area contributed by atoms with Crippen molar-refractivity contribution in [3.05, 3.63) is 74.9 Å². The van der Waals surface area contributed by atoms with Crippen molar-refractivity contribution in [3.8, 4) is 23.0 Å². The van der Waals surface area contributed by atoms with E-state index in [0.29, 0.717) is 28.2 Å². The lowest BCUT2D eigenvalue weighted by atomic mass is 10.2. The smallest absolute Gasteiger partial charge is 0.344 e. The van der Waals surface area contributed by atoms with Gasteiger partial charge in [-0.1, -0.05) is 0 Å². The molecular weight excluding hydrogens is 449 g/mol. The predicted molar refractivity (Wildman–Crippen MR) is 119 cm³/mol. The van der Waals surface area contributed by atoms with Gasteiger partial charge in [0.05, 0.1) is 19.7 Å². The van der Waals surface area contributed by atoms with Crippen LogP contribution in [0.1, 0.15) is 10.5 Å². The first-order valence-electron chi connectivity index (χ1n) is 9.78. The minimum Gasteiger partial charge on any atom is -0.493 e. The van der Waals surface area contributed by atoms with Crippen molar-refractivity contribution in [3.63, 3.8) is 0 Å². The van der Waals surface area contributed by atoms with Crippen LogP contribution in [0.2, 0.25) is 0 Å². The van der Waals surface area contributed by atoms with Crippen molar-refractivity contribution >= 4 is 22.5 Å². The number of methoxy groups -OCH3 is 2. The van der Waals surface area contributed by atoms with E-state index in [-0.39, 0.29) is 11.4 Å². The van der Waals surface area contributed by atoms with E-state index in [1.807, 2.05) is 4.98 Å². The molecule has 2 aromatic heterocycles. The molecule has 12 heteroatoms. The molecule has 0 fully saturated rings. The Morgan fingerprint density at radius 3 is 2.47 bits per heavy atom. The number of fused-ring (bicyclic) bond motifs is 1. The van der Waals surface area contributed by atoms with E-state index in [4.69, 9.17) is 14.2 Å². The Balaban J connectivity index is 1.60. The van der Waals surface area contributed by atoms with Gasteiger partial charge in [0.1, 0.15) is 5.75 Å². The van der Waals surface area contributed by atoms with Crippen molar-refractivity contribution in [2.75, 3.05) is 19.5 Å². The summed E-state index contributed by atoms with van der Waals surface area (Å²) in [5.74, 6) is -0.538. The van der Waals surface area contributed by atoms with E-state index in [0.717, 1.165) is 10.7 Å². The minimum absolute atomic E-state index is 0.0518. The third kappa shape index (κ3) is 4.28. The number of hydrogen-bond acceptors (Lipinski definition) is 8. The number of aryl methyl sites for hydroxylation is 1. The molecule has 0 saturated carbocycles. The molecule has 174 valence electrons. The number of anilines is 1. The fraction of sp³-hybridized carbons (Fsp3) is 0.136. The molecule has 2 N–H and O–H groups in total. The first-order valence-corrected chi connectivity index (χ1v) is 9.78. The van der Waals surface area contributed by atoms with E-state index in [9.17, 15) is 18.8 Å². The van der Waals surface area contributed by atoms with Crippen molar-refractivity contribution < 1.29 is 23.4 Å². The predicted octanol–water partition coefficient (Wildman–Crippen LogP) is 2.22. The number of carbonyl (C=O) groups is 1. The maximum absolute atomic E-state index is 14.8. The van der Waals surface area contributed by atoms with Crippen LogP contribution in [0.15, 0.2) is 52.2 Å². The van der Waals surface area contributed by atoms with Crippen LogP contribution >= 0.6 is 0 Å². The SMILES string of the molecule is COc1cc2nccc(Oc3ccc(NC(=O)c4nn(C)c(=O)[nH]c4=O)cc3F)c2cc1OC. The maximum atomic E-state index is 14.8. The molecule has 0 bridgehead atoms. The summed E-state index contributed by atoms with van der Waals surface area (Å²) in [6.07, 6.45) is 1.51. The molecule has 0 aliphatic rings. The third-order valence-corrected chi connectivity index (χ3v) is 4.81. The minimum atomic E-state index is -0.961. The highest BCUT2D eigenvalue weighted by atomic mass is 19.1. The van der Waals surface area contributed by atoms with Crippen molar-refractivity contribution in [2.45, 2.75) is 0 Å². The van der Waals surface area contributed by atoms with Gasteiger partial charge in [0.25, 0.3) is 11.5 Å². The second-order valence-corrected chi connectivity index (χ2v) is 6.97. The summed E-state index contributed by atoms with van der Waals surface area (Å²) in [6, 6.07) is 8.64. The second kappa shape index (κ2) is 9.02. The molecule has 2 aromatic carbocycles. The van der Waals surface area contributed by atoms with Crippen molar-refractivity contribution in [1.29, 1.82) is 0 Å². The highest BCUT2D eigenvalue weighted by molar-refractivity contribution is 6.02. The molecule has 1 amide bonds. The van der Waals surface area contributed by atoms with Crippen LogP contribution in [-0.2, 0) is 7.05 Å². The second-order valence-electron chi connectivity index (χ2n) is 6.97. The van der Waals surface area contributed by atoms with Crippen LogP contribution in [0.4, 0.5) is 10.1 Å². The summed E-state index contributed by atoms with van der Waals surface area (Å²) < 4.78 is 31.9. The van der Waals surface area contributed by atoms with Gasteiger partial charge in [-0.2, -0.15) is 5.10 Å². The van der Waals surface area contributed by atoms with E-state index in [1.54, 1.807) is 18.2 Å². The van der Waals surface area contributed by atoms with Gasteiger partial charge in [-0.3, -0.25) is 19.6 Å². The number of aromatic nitrogens is 4. The van der Waals surface area contributed by atoms with Crippen LogP contribution in [0.5, 0.6) is 23.0 Å². The average Bonchev–Trinajstić information content (AvgIpc) is 2.82. The van der Waals surface area contributed by atoms with Crippen LogP contribution in [0, 0.1) is 5.82 Å². The number of pyridine rings is 1. The number of ether oxygens (including phenoxy) is 3. The van der Waals surface area contributed by atoms with Gasteiger partial charge < -0.3 is 19.5 Å². The molecule has 0 aliphatic heterocycles. The lowest BCUT2D eigenvalue weighted by Gasteiger charge is -2.13. The number of halogens is 1. The van der Waals surface area contributed by atoms with Gasteiger partial charge in [0.15, 0.2) is 23.1 Å². The number of hydrogen-bond donors (Lipinski definition) is 2. The molecule has 4 rings (SSSR count). The van der Waals surface area contributed by atoms with Gasteiger partial charge in [0.2, 0.25) is 5.69 Å². The Hall–Kier alpha value is -4.74. The Labute approximate surface area is 190 Å². The molecule has 0 radical (unpaired) electrons. The topological polar surface area (TPSA) is 137 Å². The lowest BCUT2D eigenvalue weighted by molar-refractivity contribution is 0.101. The number of amides is 1. The van der Waals surface area contributed by atoms with Gasteiger partial charge in [-0.25, -0.2) is 13.9 Å². The van der Waals surface area contributed by atoms with Gasteiger partial charge in [0, 0.05) is 36.5 Å². The largest absolute Gasteiger partial charge is 0.493 e. The highest BCUT2D eigenvalue weighted by Gasteiger charge is 2.17. The molecule has 2 heterocycles. The molecule has 4 aromatic rings. The molecule has 0 saturated heterocycles. The fourth-order valence-corrected chi connectivity index (χ4v) is 3.13. The highest BCUT2D eigenvalue weighted by Crippen LogP contribution is 2.37. The van der Waals surface area contributed by atoms with Crippen LogP contribution in [-0.4, -0.2) is 39.9 Å². The maximum Gasteiger partial charge on any atom is 0.344 e. The molecular formula is C22H18FN5O6. The van der Waals surface area contributed by atoms with Crippen molar-refractivity contribution in [1.82, 2.24) is 19.7 Å². The number of nitrogens with zero attached hydrogens (tertiary/aromatic N) is 3. The van der Waals surface area contributed by atoms with E-state index >= 15 is 0 Å². The number of nitrogens with one attached hydrogen (secondary N) is 2. The molecule has 0 unspecified atom stereocenters. The Morgan fingerprint density at radius 2 is 1.76 bits per heavy atom. The molecule has 0 atom stereocenters. The third-order valence-electron chi connectivity index (χ3n) is 4.81. The van der Waals surface area contributed by atoms with Crippen LogP contribution in [0.25, 0.3) is 10.9 Å².